The molecule has 1 aliphatic heterocycles. The Balaban J connectivity index is 1.64. The molecule has 2 aliphatic rings. The quantitative estimate of drug-likeness (QED) is 0.265. The lowest BCUT2D eigenvalue weighted by Crippen LogP contribution is -2.42. The number of methoxy groups -OCH3 is 1. The van der Waals surface area contributed by atoms with Gasteiger partial charge in [0.05, 0.1) is 32.8 Å². The van der Waals surface area contributed by atoms with Crippen LogP contribution in [0.5, 0.6) is 5.75 Å². The fourth-order valence-electron chi connectivity index (χ4n) is 6.14. The molecule has 0 saturated carbocycles. The number of carbonyl (C=O) groups is 2. The molecule has 0 aromatic heterocycles. The lowest BCUT2D eigenvalue weighted by molar-refractivity contribution is -0.141. The summed E-state index contributed by atoms with van der Waals surface area (Å²) in [6, 6.07) is 11.0. The number of rotatable bonds is 11. The molecule has 0 fully saturated rings. The van der Waals surface area contributed by atoms with Gasteiger partial charge in [0, 0.05) is 24.7 Å². The van der Waals surface area contributed by atoms with Crippen LogP contribution in [-0.4, -0.2) is 73.5 Å². The molecule has 0 spiro atoms. The van der Waals surface area contributed by atoms with E-state index < -0.39 is 18.4 Å². The van der Waals surface area contributed by atoms with Crippen LogP contribution in [0.3, 0.4) is 0 Å². The largest absolute Gasteiger partial charge is 0.491 e. The van der Waals surface area contributed by atoms with Crippen molar-refractivity contribution < 1.29 is 32.6 Å². The van der Waals surface area contributed by atoms with Crippen LogP contribution < -0.4 is 4.74 Å². The maximum absolute atomic E-state index is 15.9. The second-order valence-corrected chi connectivity index (χ2v) is 12.3. The maximum atomic E-state index is 15.9. The van der Waals surface area contributed by atoms with Gasteiger partial charge < -0.3 is 19.1 Å². The summed E-state index contributed by atoms with van der Waals surface area (Å²) < 4.78 is 45.4. The van der Waals surface area contributed by atoms with E-state index in [-0.39, 0.29) is 56.4 Å². The van der Waals surface area contributed by atoms with Crippen LogP contribution in [0.25, 0.3) is 5.57 Å². The highest BCUT2D eigenvalue weighted by Gasteiger charge is 2.41. The minimum absolute atomic E-state index is 0.0563. The average Bonchev–Trinajstić information content (AvgIpc) is 3.32. The monoisotopic (exact) mass is 598 g/mol. The molecule has 43 heavy (non-hydrogen) atoms. The van der Waals surface area contributed by atoms with Gasteiger partial charge in [0.1, 0.15) is 23.8 Å². The first-order valence-corrected chi connectivity index (χ1v) is 15.0. The Morgan fingerprint density at radius 3 is 2.56 bits per heavy atom. The molecule has 0 N–H and O–H groups in total. The Hall–Kier alpha value is -3.46. The predicted octanol–water partition coefficient (Wildman–Crippen LogP) is 6.82. The molecule has 0 bridgehead atoms. The van der Waals surface area contributed by atoms with Gasteiger partial charge in [-0.15, -0.1) is 0 Å². The zero-order valence-electron chi connectivity index (χ0n) is 26.2. The van der Waals surface area contributed by atoms with Gasteiger partial charge in [0.25, 0.3) is 0 Å². The zero-order valence-corrected chi connectivity index (χ0v) is 26.2. The van der Waals surface area contributed by atoms with Crippen LogP contribution in [0.4, 0.5) is 13.6 Å². The summed E-state index contributed by atoms with van der Waals surface area (Å²) >= 11 is 0. The summed E-state index contributed by atoms with van der Waals surface area (Å²) in [5.41, 5.74) is 5.33. The molecule has 0 saturated heterocycles. The fraction of sp³-hybridized carbons (Fsp3) is 0.529. The van der Waals surface area contributed by atoms with Crippen LogP contribution in [0.2, 0.25) is 0 Å². The van der Waals surface area contributed by atoms with Gasteiger partial charge in [0.2, 0.25) is 0 Å². The van der Waals surface area contributed by atoms with Crippen molar-refractivity contribution in [1.82, 2.24) is 9.80 Å². The summed E-state index contributed by atoms with van der Waals surface area (Å²) in [7, 11) is 1.37. The van der Waals surface area contributed by atoms with E-state index in [0.717, 1.165) is 12.0 Å². The Kier molecular flexibility index (Phi) is 10.5. The van der Waals surface area contributed by atoms with Gasteiger partial charge in [-0.05, 0) is 93.9 Å². The minimum Gasteiger partial charge on any atom is -0.491 e. The van der Waals surface area contributed by atoms with E-state index in [4.69, 9.17) is 14.2 Å². The number of nitrogens with zero attached hydrogens (tertiary/aromatic N) is 2. The van der Waals surface area contributed by atoms with Gasteiger partial charge in [-0.25, -0.2) is 9.18 Å². The Morgan fingerprint density at radius 1 is 1.12 bits per heavy atom. The van der Waals surface area contributed by atoms with Crippen molar-refractivity contribution in [3.8, 4) is 5.75 Å². The fourth-order valence-corrected chi connectivity index (χ4v) is 6.14. The molecule has 2 aromatic carbocycles. The van der Waals surface area contributed by atoms with E-state index in [2.05, 4.69) is 24.0 Å². The predicted molar refractivity (Wildman–Crippen MR) is 162 cm³/mol. The number of benzene rings is 2. The van der Waals surface area contributed by atoms with E-state index in [1.807, 2.05) is 19.1 Å². The topological polar surface area (TPSA) is 68.3 Å². The molecule has 234 valence electrons. The van der Waals surface area contributed by atoms with E-state index in [9.17, 15) is 14.0 Å². The number of halogens is 2. The third-order valence-electron chi connectivity index (χ3n) is 8.16. The Bertz CT molecular complexity index is 1350. The normalized spacial score (nSPS) is 18.2. The second kappa shape index (κ2) is 13.9. The molecule has 2 atom stereocenters. The summed E-state index contributed by atoms with van der Waals surface area (Å²) in [6.45, 7) is 9.71. The highest BCUT2D eigenvalue weighted by Crippen LogP contribution is 2.50. The van der Waals surface area contributed by atoms with Gasteiger partial charge in [-0.1, -0.05) is 24.3 Å². The van der Waals surface area contributed by atoms with Gasteiger partial charge >= 0.3 is 12.1 Å². The number of fused-ring (bicyclic) bond motifs is 2. The summed E-state index contributed by atoms with van der Waals surface area (Å²) in [6.07, 6.45) is 1.38. The highest BCUT2D eigenvalue weighted by molar-refractivity contribution is 5.79. The molecule has 1 amide bonds. The lowest BCUT2D eigenvalue weighted by Gasteiger charge is -2.43. The zero-order chi connectivity index (χ0) is 31.3. The van der Waals surface area contributed by atoms with Crippen molar-refractivity contribution in [2.45, 2.75) is 78.0 Å². The van der Waals surface area contributed by atoms with Gasteiger partial charge in [0.15, 0.2) is 0 Å². The second-order valence-electron chi connectivity index (χ2n) is 12.3. The van der Waals surface area contributed by atoms with Crippen molar-refractivity contribution in [1.29, 1.82) is 0 Å². The van der Waals surface area contributed by atoms with Crippen LogP contribution in [0.15, 0.2) is 42.0 Å². The molecule has 2 aromatic rings. The molecular weight excluding hydrogens is 554 g/mol. The minimum atomic E-state index is -0.682. The van der Waals surface area contributed by atoms with Crippen molar-refractivity contribution >= 4 is 17.6 Å². The molecule has 1 aliphatic carbocycles. The molecule has 7 nitrogen and oxygen atoms in total. The third kappa shape index (κ3) is 7.55. The molecule has 4 rings (SSSR count). The number of hydrogen-bond acceptors (Lipinski definition) is 6. The van der Waals surface area contributed by atoms with Crippen LogP contribution in [0, 0.1) is 12.7 Å². The van der Waals surface area contributed by atoms with Gasteiger partial charge in [-0.2, -0.15) is 0 Å². The highest BCUT2D eigenvalue weighted by atomic mass is 19.1. The van der Waals surface area contributed by atoms with Crippen molar-refractivity contribution in [2.75, 3.05) is 40.0 Å². The number of carbonyl (C=O) groups excluding carboxylic acids is 2. The van der Waals surface area contributed by atoms with E-state index in [1.165, 1.54) is 34.8 Å². The molecule has 9 heteroatoms. The first-order valence-electron chi connectivity index (χ1n) is 15.0. The summed E-state index contributed by atoms with van der Waals surface area (Å²) in [5.74, 6) is -0.139. The molecular formula is C34H44F2N2O5. The van der Waals surface area contributed by atoms with Crippen molar-refractivity contribution in [3.05, 3.63) is 70.0 Å². The first kappa shape index (κ1) is 32.5. The van der Waals surface area contributed by atoms with Crippen LogP contribution in [-0.2, 0) is 20.7 Å². The SMILES string of the molecule is COC(=O)CCN1[C@H](C)CC2=C(Cc3ccccc32)[C@H]1c1c(F)ccc(OCCN(CCCF)C(=O)OC(C)(C)C)c1C. The van der Waals surface area contributed by atoms with E-state index >= 15 is 4.39 Å². The standard InChI is InChI=1S/C34H44F2N2O5/c1-22-20-26-25-11-8-7-10-24(25)21-27(26)32(38(22)17-14-30(39)41-6)31-23(2)29(13-12-28(31)36)42-19-18-37(16-9-15-35)33(40)43-34(3,4)5/h7-8,10-13,22,32H,9,14-21H2,1-6H3/t22-,32+/m1/s1. The average molecular weight is 599 g/mol. The summed E-state index contributed by atoms with van der Waals surface area (Å²) in [5, 5.41) is 0. The lowest BCUT2D eigenvalue weighted by atomic mass is 9.83. The summed E-state index contributed by atoms with van der Waals surface area (Å²) in [4.78, 5) is 28.5. The smallest absolute Gasteiger partial charge is 0.410 e. The number of hydrogen-bond donors (Lipinski definition) is 0. The first-order chi connectivity index (χ1) is 20.4. The number of alkyl halides is 1. The van der Waals surface area contributed by atoms with Crippen molar-refractivity contribution in [3.63, 3.8) is 0 Å². The molecule has 1 heterocycles. The number of esters is 1. The number of amides is 1. The molecule has 0 radical (unpaired) electrons. The van der Waals surface area contributed by atoms with E-state index in [1.54, 1.807) is 26.8 Å². The Labute approximate surface area is 253 Å². The van der Waals surface area contributed by atoms with Crippen LogP contribution in [0.1, 0.15) is 75.3 Å². The number of ether oxygens (including phenoxy) is 3. The third-order valence-corrected chi connectivity index (χ3v) is 8.16. The van der Waals surface area contributed by atoms with Crippen LogP contribution >= 0.6 is 0 Å². The Morgan fingerprint density at radius 2 is 1.86 bits per heavy atom. The molecule has 0 unspecified atom stereocenters. The van der Waals surface area contributed by atoms with Crippen molar-refractivity contribution in [2.24, 2.45) is 0 Å². The maximum Gasteiger partial charge on any atom is 0.410 e. The van der Waals surface area contributed by atoms with Gasteiger partial charge in [-0.3, -0.25) is 14.1 Å². The van der Waals surface area contributed by atoms with E-state index in [0.29, 0.717) is 29.8 Å².